The third-order valence-electron chi connectivity index (χ3n) is 4.77. The molecule has 0 aliphatic carbocycles. The van der Waals surface area contributed by atoms with Gasteiger partial charge in [0, 0.05) is 32.5 Å². The second-order valence-electron chi connectivity index (χ2n) is 7.17. The van der Waals surface area contributed by atoms with Gasteiger partial charge >= 0.3 is 0 Å². The number of oxazole rings is 1. The van der Waals surface area contributed by atoms with E-state index in [0.29, 0.717) is 22.2 Å². The summed E-state index contributed by atoms with van der Waals surface area (Å²) in [5.41, 5.74) is 4.19. The topological polar surface area (TPSA) is 55.1 Å². The predicted molar refractivity (Wildman–Crippen MR) is 127 cm³/mol. The van der Waals surface area contributed by atoms with Crippen LogP contribution in [-0.2, 0) is 5.75 Å². The fraction of sp³-hybridized carbons (Fsp3) is 0.120. The molecule has 1 heterocycles. The minimum atomic E-state index is -0.201. The second kappa shape index (κ2) is 9.41. The number of hydrogen-bond acceptors (Lipinski definition) is 4. The van der Waals surface area contributed by atoms with E-state index in [1.807, 2.05) is 19.1 Å². The highest BCUT2D eigenvalue weighted by Gasteiger charge is 2.13. The zero-order valence-electron chi connectivity index (χ0n) is 17.2. The number of amides is 1. The Morgan fingerprint density at radius 3 is 2.48 bits per heavy atom. The first-order valence-corrected chi connectivity index (χ1v) is 11.2. The van der Waals surface area contributed by atoms with Crippen molar-refractivity contribution in [2.75, 3.05) is 5.32 Å². The van der Waals surface area contributed by atoms with E-state index in [9.17, 15) is 4.79 Å². The van der Waals surface area contributed by atoms with E-state index in [0.717, 1.165) is 22.8 Å². The van der Waals surface area contributed by atoms with Crippen molar-refractivity contribution in [3.05, 3.63) is 100 Å². The molecule has 0 atom stereocenters. The van der Waals surface area contributed by atoms with Gasteiger partial charge in [-0.3, -0.25) is 4.79 Å². The van der Waals surface area contributed by atoms with E-state index in [4.69, 9.17) is 16.0 Å². The first-order valence-electron chi connectivity index (χ1n) is 9.81. The minimum Gasteiger partial charge on any atom is -0.441 e. The molecule has 3 aromatic carbocycles. The Bertz CT molecular complexity index is 1200. The molecule has 0 fully saturated rings. The maximum absolute atomic E-state index is 12.5. The van der Waals surface area contributed by atoms with Crippen LogP contribution in [0.2, 0.25) is 5.02 Å². The Morgan fingerprint density at radius 2 is 1.77 bits per heavy atom. The van der Waals surface area contributed by atoms with Crippen LogP contribution in [0.5, 0.6) is 0 Å². The summed E-state index contributed by atoms with van der Waals surface area (Å²) in [4.78, 5) is 18.3. The van der Waals surface area contributed by atoms with Gasteiger partial charge in [0.2, 0.25) is 5.89 Å². The smallest absolute Gasteiger partial charge is 0.255 e. The number of aryl methyl sites for hydroxylation is 2. The molecular weight excluding hydrogens is 428 g/mol. The maximum atomic E-state index is 12.5. The minimum absolute atomic E-state index is 0.201. The quantitative estimate of drug-likeness (QED) is 0.318. The molecule has 0 aliphatic heterocycles. The Balaban J connectivity index is 1.43. The van der Waals surface area contributed by atoms with Crippen LogP contribution in [0, 0.1) is 13.8 Å². The molecule has 6 heteroatoms. The van der Waals surface area contributed by atoms with Crippen molar-refractivity contribution < 1.29 is 9.21 Å². The molecule has 4 rings (SSSR count). The lowest BCUT2D eigenvalue weighted by atomic mass is 10.1. The molecule has 0 bridgehead atoms. The number of anilines is 1. The van der Waals surface area contributed by atoms with Crippen LogP contribution < -0.4 is 5.32 Å². The second-order valence-corrected chi connectivity index (χ2v) is 8.65. The number of thioether (sulfide) groups is 1. The highest BCUT2D eigenvalue weighted by atomic mass is 35.5. The van der Waals surface area contributed by atoms with Crippen molar-refractivity contribution in [3.63, 3.8) is 0 Å². The summed E-state index contributed by atoms with van der Waals surface area (Å²) in [6.45, 7) is 4.00. The molecule has 4 nitrogen and oxygen atoms in total. The number of rotatable bonds is 6. The van der Waals surface area contributed by atoms with Gasteiger partial charge < -0.3 is 9.73 Å². The molecular formula is C25H21ClN2O2S. The van der Waals surface area contributed by atoms with Gasteiger partial charge in [-0.05, 0) is 68.4 Å². The van der Waals surface area contributed by atoms with Crippen LogP contribution >= 0.6 is 23.4 Å². The number of hydrogen-bond donors (Lipinski definition) is 1. The van der Waals surface area contributed by atoms with Crippen LogP contribution in [0.3, 0.4) is 0 Å². The van der Waals surface area contributed by atoms with Crippen molar-refractivity contribution in [2.45, 2.75) is 24.5 Å². The lowest BCUT2D eigenvalue weighted by molar-refractivity contribution is 0.102. The lowest BCUT2D eigenvalue weighted by Gasteiger charge is -2.06. The zero-order valence-corrected chi connectivity index (χ0v) is 18.8. The molecule has 0 saturated heterocycles. The van der Waals surface area contributed by atoms with Crippen molar-refractivity contribution >= 4 is 35.0 Å². The molecule has 31 heavy (non-hydrogen) atoms. The number of halogens is 1. The van der Waals surface area contributed by atoms with Gasteiger partial charge in [-0.15, -0.1) is 11.8 Å². The Labute approximate surface area is 190 Å². The Hall–Kier alpha value is -3.02. The summed E-state index contributed by atoms with van der Waals surface area (Å²) in [6.07, 6.45) is 0. The van der Waals surface area contributed by atoms with Crippen molar-refractivity contribution in [2.24, 2.45) is 0 Å². The fourth-order valence-electron chi connectivity index (χ4n) is 3.01. The number of carbonyl (C=O) groups excluding carboxylic acids is 1. The summed E-state index contributed by atoms with van der Waals surface area (Å²) >= 11 is 7.70. The van der Waals surface area contributed by atoms with Gasteiger partial charge in [-0.2, -0.15) is 0 Å². The fourth-order valence-corrected chi connectivity index (χ4v) is 4.10. The summed E-state index contributed by atoms with van der Waals surface area (Å²) in [7, 11) is 0. The van der Waals surface area contributed by atoms with Gasteiger partial charge in [0.1, 0.15) is 5.76 Å². The van der Waals surface area contributed by atoms with E-state index in [1.165, 1.54) is 10.5 Å². The standard InChI is InChI=1S/C25H21ClN2O2S/c1-16-6-12-22(13-7-16)31-15-23-17(2)30-25(28-23)19-10-8-18(9-11-19)24(29)27-21-5-3-4-20(26)14-21/h3-14H,15H2,1-2H3,(H,27,29). The molecule has 1 N–H and O–H groups in total. The molecule has 0 spiro atoms. The van der Waals surface area contributed by atoms with E-state index in [2.05, 4.69) is 41.5 Å². The third kappa shape index (κ3) is 5.37. The number of carbonyl (C=O) groups is 1. The third-order valence-corrected chi connectivity index (χ3v) is 6.02. The molecule has 0 unspecified atom stereocenters. The zero-order chi connectivity index (χ0) is 21.8. The monoisotopic (exact) mass is 448 g/mol. The van der Waals surface area contributed by atoms with E-state index < -0.39 is 0 Å². The number of nitrogens with zero attached hydrogens (tertiary/aromatic N) is 1. The molecule has 0 saturated carbocycles. The van der Waals surface area contributed by atoms with Gasteiger partial charge in [0.25, 0.3) is 5.91 Å². The molecule has 1 amide bonds. The summed E-state index contributed by atoms with van der Waals surface area (Å²) in [5.74, 6) is 1.89. The van der Waals surface area contributed by atoms with Crippen molar-refractivity contribution in [1.29, 1.82) is 0 Å². The maximum Gasteiger partial charge on any atom is 0.255 e. The van der Waals surface area contributed by atoms with Crippen LogP contribution in [0.25, 0.3) is 11.5 Å². The summed E-state index contributed by atoms with van der Waals surface area (Å²) in [6, 6.07) is 22.7. The van der Waals surface area contributed by atoms with Crippen molar-refractivity contribution in [3.8, 4) is 11.5 Å². The normalized spacial score (nSPS) is 10.8. The van der Waals surface area contributed by atoms with Crippen LogP contribution in [-0.4, -0.2) is 10.9 Å². The first-order chi connectivity index (χ1) is 15.0. The number of aromatic nitrogens is 1. The van der Waals surface area contributed by atoms with Gasteiger partial charge in [0.15, 0.2) is 0 Å². The summed E-state index contributed by atoms with van der Waals surface area (Å²) < 4.78 is 5.88. The lowest BCUT2D eigenvalue weighted by Crippen LogP contribution is -2.11. The number of nitrogens with one attached hydrogen (secondary N) is 1. The van der Waals surface area contributed by atoms with Crippen LogP contribution in [0.4, 0.5) is 5.69 Å². The average molecular weight is 449 g/mol. The van der Waals surface area contributed by atoms with E-state index in [-0.39, 0.29) is 5.91 Å². The van der Waals surface area contributed by atoms with Gasteiger partial charge in [-0.1, -0.05) is 35.4 Å². The largest absolute Gasteiger partial charge is 0.441 e. The van der Waals surface area contributed by atoms with E-state index in [1.54, 1.807) is 48.2 Å². The van der Waals surface area contributed by atoms with Gasteiger partial charge in [-0.25, -0.2) is 4.98 Å². The van der Waals surface area contributed by atoms with E-state index >= 15 is 0 Å². The molecule has 1 aromatic heterocycles. The molecule has 0 radical (unpaired) electrons. The SMILES string of the molecule is Cc1ccc(SCc2nc(-c3ccc(C(=O)Nc4cccc(Cl)c4)cc3)oc2C)cc1. The van der Waals surface area contributed by atoms with Crippen LogP contribution in [0.1, 0.15) is 27.4 Å². The number of benzene rings is 3. The Kier molecular flexibility index (Phi) is 6.44. The molecule has 156 valence electrons. The Morgan fingerprint density at radius 1 is 1.03 bits per heavy atom. The van der Waals surface area contributed by atoms with Gasteiger partial charge in [0.05, 0.1) is 5.69 Å². The van der Waals surface area contributed by atoms with Crippen LogP contribution in [0.15, 0.2) is 82.1 Å². The molecule has 4 aromatic rings. The predicted octanol–water partition coefficient (Wildman–Crippen LogP) is 7.16. The molecule has 0 aliphatic rings. The highest BCUT2D eigenvalue weighted by Crippen LogP contribution is 2.28. The summed E-state index contributed by atoms with van der Waals surface area (Å²) in [5, 5.41) is 3.41. The highest BCUT2D eigenvalue weighted by molar-refractivity contribution is 7.98. The van der Waals surface area contributed by atoms with Crippen molar-refractivity contribution in [1.82, 2.24) is 4.98 Å². The average Bonchev–Trinajstić information content (AvgIpc) is 3.14. The first kappa shape index (κ1) is 21.2.